The summed E-state index contributed by atoms with van der Waals surface area (Å²) in [5, 5.41) is 12.5. The van der Waals surface area contributed by atoms with Gasteiger partial charge in [-0.25, -0.2) is 18.7 Å². The summed E-state index contributed by atoms with van der Waals surface area (Å²) in [4.78, 5) is 26.9. The average molecular weight is 489 g/mol. The van der Waals surface area contributed by atoms with Gasteiger partial charge in [0, 0.05) is 17.7 Å². The molecule has 0 radical (unpaired) electrons. The van der Waals surface area contributed by atoms with Crippen molar-refractivity contribution in [2.45, 2.75) is 38.3 Å². The number of anilines is 2. The van der Waals surface area contributed by atoms with Crippen LogP contribution in [0.15, 0.2) is 42.5 Å². The number of halogens is 2. The monoisotopic (exact) mass is 488 g/mol. The first-order chi connectivity index (χ1) is 17.2. The van der Waals surface area contributed by atoms with Gasteiger partial charge in [-0.1, -0.05) is 24.3 Å². The van der Waals surface area contributed by atoms with E-state index in [1.807, 2.05) is 13.1 Å². The van der Waals surface area contributed by atoms with Gasteiger partial charge in [-0.05, 0) is 52.1 Å². The summed E-state index contributed by atoms with van der Waals surface area (Å²) in [6.07, 6.45) is 0.546. The van der Waals surface area contributed by atoms with Crippen LogP contribution in [0, 0.1) is 29.9 Å². The maximum Gasteiger partial charge on any atom is 0.241 e. The van der Waals surface area contributed by atoms with Crippen molar-refractivity contribution in [1.82, 2.24) is 14.9 Å². The van der Waals surface area contributed by atoms with E-state index in [1.165, 1.54) is 17.0 Å². The Labute approximate surface area is 208 Å². The zero-order valence-electron chi connectivity index (χ0n) is 20.3. The number of amides is 1. The fourth-order valence-corrected chi connectivity index (χ4v) is 5.34. The van der Waals surface area contributed by atoms with Crippen LogP contribution >= 0.6 is 0 Å². The molecule has 2 aromatic carbocycles. The molecule has 5 rings (SSSR count). The quantitative estimate of drug-likeness (QED) is 0.592. The van der Waals surface area contributed by atoms with E-state index in [4.69, 9.17) is 4.98 Å². The minimum atomic E-state index is -0.941. The first-order valence-electron chi connectivity index (χ1n) is 11.8. The van der Waals surface area contributed by atoms with Crippen LogP contribution in [0.5, 0.6) is 0 Å². The summed E-state index contributed by atoms with van der Waals surface area (Å²) in [5.41, 5.74) is 0.873. The third-order valence-corrected chi connectivity index (χ3v) is 7.12. The highest BCUT2D eigenvalue weighted by Crippen LogP contribution is 2.44. The van der Waals surface area contributed by atoms with Crippen LogP contribution in [-0.2, 0) is 16.8 Å². The van der Waals surface area contributed by atoms with Gasteiger partial charge in [-0.15, -0.1) is 0 Å². The standard InChI is InChI=1S/C27H26F2N6O/c1-16(19-8-6-7-18(13-30)23(19)29)31-25-20-14-35(22-10-5-4-9-21(22)28)26(36)27(11-12-34(3)15-27)24(20)32-17(2)33-25/h4-10,16H,11-12,14-15H2,1-3H3,(H,31,32,33)/t16-,27+/m1/s1. The number of likely N-dealkylation sites (N-methyl/N-ethyl adjacent to an activating group) is 1. The zero-order valence-corrected chi connectivity index (χ0v) is 20.3. The van der Waals surface area contributed by atoms with E-state index in [0.717, 1.165) is 0 Å². The number of para-hydroxylation sites is 1. The Kier molecular flexibility index (Phi) is 5.92. The first-order valence-corrected chi connectivity index (χ1v) is 11.8. The van der Waals surface area contributed by atoms with Crippen molar-refractivity contribution in [1.29, 1.82) is 5.26 Å². The van der Waals surface area contributed by atoms with Gasteiger partial charge in [0.25, 0.3) is 0 Å². The molecule has 184 valence electrons. The molecule has 1 spiro atoms. The molecule has 0 bridgehead atoms. The Balaban J connectivity index is 1.64. The molecular formula is C27H26F2N6O. The van der Waals surface area contributed by atoms with E-state index >= 15 is 0 Å². The molecule has 2 aliphatic heterocycles. The van der Waals surface area contributed by atoms with Crippen LogP contribution in [0.2, 0.25) is 0 Å². The summed E-state index contributed by atoms with van der Waals surface area (Å²) in [6.45, 7) is 4.77. The van der Waals surface area contributed by atoms with Crippen molar-refractivity contribution in [2.75, 3.05) is 30.4 Å². The van der Waals surface area contributed by atoms with Crippen molar-refractivity contribution in [3.05, 3.63) is 82.3 Å². The molecule has 0 aliphatic carbocycles. The summed E-state index contributed by atoms with van der Waals surface area (Å²) < 4.78 is 29.8. The Morgan fingerprint density at radius 3 is 2.64 bits per heavy atom. The molecular weight excluding hydrogens is 462 g/mol. The van der Waals surface area contributed by atoms with Gasteiger partial charge in [0.1, 0.15) is 34.8 Å². The Morgan fingerprint density at radius 1 is 1.17 bits per heavy atom. The number of aromatic nitrogens is 2. The minimum Gasteiger partial charge on any atom is -0.363 e. The third-order valence-electron chi connectivity index (χ3n) is 7.12. The smallest absolute Gasteiger partial charge is 0.241 e. The van der Waals surface area contributed by atoms with Crippen molar-refractivity contribution in [2.24, 2.45) is 0 Å². The molecule has 7 nitrogen and oxygen atoms in total. The van der Waals surface area contributed by atoms with Gasteiger partial charge in [-0.2, -0.15) is 5.26 Å². The lowest BCUT2D eigenvalue weighted by Crippen LogP contribution is -2.53. The van der Waals surface area contributed by atoms with Crippen LogP contribution < -0.4 is 10.2 Å². The summed E-state index contributed by atoms with van der Waals surface area (Å²) in [6, 6.07) is 12.3. The SMILES string of the molecule is Cc1nc(N[C@H](C)c2cccc(C#N)c2F)c2c(n1)[C@@]1(CCN(C)C1)C(=O)N(c1ccccc1F)C2. The number of hydrogen-bond donors (Lipinski definition) is 1. The molecule has 1 aromatic heterocycles. The van der Waals surface area contributed by atoms with Gasteiger partial charge in [-0.3, -0.25) is 4.79 Å². The fourth-order valence-electron chi connectivity index (χ4n) is 5.34. The summed E-state index contributed by atoms with van der Waals surface area (Å²) >= 11 is 0. The lowest BCUT2D eigenvalue weighted by molar-refractivity contribution is -0.124. The lowest BCUT2D eigenvalue weighted by atomic mass is 9.76. The van der Waals surface area contributed by atoms with Gasteiger partial charge < -0.3 is 15.1 Å². The van der Waals surface area contributed by atoms with Gasteiger partial charge in [0.15, 0.2) is 0 Å². The number of likely N-dealkylation sites (tertiary alicyclic amines) is 1. The molecule has 1 fully saturated rings. The van der Waals surface area contributed by atoms with Crippen molar-refractivity contribution in [3.8, 4) is 6.07 Å². The van der Waals surface area contributed by atoms with Crippen LogP contribution in [0.1, 0.15) is 47.6 Å². The van der Waals surface area contributed by atoms with Crippen LogP contribution in [0.25, 0.3) is 0 Å². The maximum absolute atomic E-state index is 14.9. The van der Waals surface area contributed by atoms with E-state index in [0.29, 0.717) is 48.0 Å². The highest BCUT2D eigenvalue weighted by molar-refractivity contribution is 6.03. The van der Waals surface area contributed by atoms with Gasteiger partial charge >= 0.3 is 0 Å². The Morgan fingerprint density at radius 2 is 1.94 bits per heavy atom. The molecule has 1 amide bonds. The summed E-state index contributed by atoms with van der Waals surface area (Å²) in [7, 11) is 1.95. The van der Waals surface area contributed by atoms with E-state index in [1.54, 1.807) is 44.2 Å². The van der Waals surface area contributed by atoms with Crippen molar-refractivity contribution >= 4 is 17.4 Å². The fraction of sp³-hybridized carbons (Fsp3) is 0.333. The zero-order chi connectivity index (χ0) is 25.6. The van der Waals surface area contributed by atoms with E-state index in [9.17, 15) is 18.8 Å². The number of nitrogens with one attached hydrogen (secondary N) is 1. The second kappa shape index (κ2) is 8.95. The van der Waals surface area contributed by atoms with E-state index < -0.39 is 23.1 Å². The number of rotatable bonds is 4. The maximum atomic E-state index is 14.9. The second-order valence-electron chi connectivity index (χ2n) is 9.55. The number of nitrogens with zero attached hydrogens (tertiary/aromatic N) is 5. The van der Waals surface area contributed by atoms with Crippen molar-refractivity contribution in [3.63, 3.8) is 0 Å². The highest BCUT2D eigenvalue weighted by atomic mass is 19.1. The molecule has 0 saturated carbocycles. The molecule has 2 atom stereocenters. The Bertz CT molecular complexity index is 1400. The van der Waals surface area contributed by atoms with Crippen LogP contribution in [-0.4, -0.2) is 40.9 Å². The second-order valence-corrected chi connectivity index (χ2v) is 9.55. The molecule has 3 heterocycles. The Hall–Kier alpha value is -3.90. The average Bonchev–Trinajstić information content (AvgIpc) is 3.25. The molecule has 1 N–H and O–H groups in total. The third kappa shape index (κ3) is 3.78. The number of nitriles is 1. The van der Waals surface area contributed by atoms with E-state index in [2.05, 4.69) is 15.2 Å². The highest BCUT2D eigenvalue weighted by Gasteiger charge is 2.53. The molecule has 0 unspecified atom stereocenters. The topological polar surface area (TPSA) is 85.1 Å². The molecule has 36 heavy (non-hydrogen) atoms. The lowest BCUT2D eigenvalue weighted by Gasteiger charge is -2.41. The normalized spacial score (nSPS) is 20.3. The summed E-state index contributed by atoms with van der Waals surface area (Å²) in [5.74, 6) is -0.307. The first kappa shape index (κ1) is 23.8. The molecule has 3 aromatic rings. The predicted molar refractivity (Wildman–Crippen MR) is 131 cm³/mol. The predicted octanol–water partition coefficient (Wildman–Crippen LogP) is 4.23. The number of hydrogen-bond acceptors (Lipinski definition) is 6. The molecule has 1 saturated heterocycles. The van der Waals surface area contributed by atoms with Crippen LogP contribution in [0.4, 0.5) is 20.3 Å². The molecule has 9 heteroatoms. The number of fused-ring (bicyclic) bond motifs is 2. The number of carbonyl (C=O) groups is 1. The van der Waals surface area contributed by atoms with Gasteiger partial charge in [0.2, 0.25) is 5.91 Å². The minimum absolute atomic E-state index is 0.0358. The van der Waals surface area contributed by atoms with Crippen molar-refractivity contribution < 1.29 is 13.6 Å². The van der Waals surface area contributed by atoms with E-state index in [-0.39, 0.29) is 23.7 Å². The number of carbonyl (C=O) groups excluding carboxylic acids is 1. The number of benzene rings is 2. The molecule has 2 aliphatic rings. The van der Waals surface area contributed by atoms with Gasteiger partial charge in [0.05, 0.1) is 29.5 Å². The number of aryl methyl sites for hydroxylation is 1. The largest absolute Gasteiger partial charge is 0.363 e. The van der Waals surface area contributed by atoms with Crippen LogP contribution in [0.3, 0.4) is 0 Å².